The fraction of sp³-hybridized carbons (Fsp3) is 0.250. The Morgan fingerprint density at radius 3 is 2.47 bits per heavy atom. The lowest BCUT2D eigenvalue weighted by molar-refractivity contribution is -0.137. The number of carboxylic acid groups (broad SMARTS) is 1. The van der Waals surface area contributed by atoms with Gasteiger partial charge in [-0.3, -0.25) is 14.4 Å². The molecule has 1 aromatic rings. The minimum absolute atomic E-state index is 0.0529. The summed E-state index contributed by atoms with van der Waals surface area (Å²) in [6.07, 6.45) is 0. The first-order valence-corrected chi connectivity index (χ1v) is 5.53. The van der Waals surface area contributed by atoms with Crippen LogP contribution in [-0.4, -0.2) is 36.0 Å². The summed E-state index contributed by atoms with van der Waals surface area (Å²) in [6, 6.07) is 4.87. The molecule has 19 heavy (non-hydrogen) atoms. The van der Waals surface area contributed by atoms with Gasteiger partial charge in [0, 0.05) is 11.3 Å². The molecule has 0 saturated carbocycles. The van der Waals surface area contributed by atoms with Crippen molar-refractivity contribution in [1.82, 2.24) is 5.32 Å². The molecule has 0 unspecified atom stereocenters. The molecule has 1 aromatic carbocycles. The summed E-state index contributed by atoms with van der Waals surface area (Å²) in [7, 11) is 0. The molecular weight excluding hydrogens is 250 g/mol. The van der Waals surface area contributed by atoms with Crippen LogP contribution >= 0.6 is 0 Å². The molecule has 2 amide bonds. The summed E-state index contributed by atoms with van der Waals surface area (Å²) < 4.78 is 0. The zero-order valence-corrected chi connectivity index (χ0v) is 10.4. The lowest BCUT2D eigenvalue weighted by Gasteiger charge is -2.09. The summed E-state index contributed by atoms with van der Waals surface area (Å²) in [5.74, 6) is -2.04. The highest BCUT2D eigenvalue weighted by molar-refractivity contribution is 5.94. The van der Waals surface area contributed by atoms with E-state index in [1.54, 1.807) is 25.1 Å². The van der Waals surface area contributed by atoms with Crippen LogP contribution in [0.5, 0.6) is 0 Å². The Labute approximate surface area is 109 Å². The average molecular weight is 265 g/mol. The monoisotopic (exact) mass is 265 g/mol. The standard InChI is InChI=1S/C12H15N3O4/c1-7-4-8(2-3-9(7)12(13)19)14-5-10(16)15-6-11(17)18/h2-4,14H,5-6H2,1H3,(H2,13,19)(H,15,16)(H,17,18). The van der Waals surface area contributed by atoms with Gasteiger partial charge in [-0.1, -0.05) is 0 Å². The van der Waals surface area contributed by atoms with Crippen LogP contribution in [0, 0.1) is 6.92 Å². The molecule has 0 bridgehead atoms. The number of rotatable bonds is 6. The van der Waals surface area contributed by atoms with Gasteiger partial charge in [0.2, 0.25) is 11.8 Å². The normalized spacial score (nSPS) is 9.74. The number of hydrogen-bond acceptors (Lipinski definition) is 4. The Morgan fingerprint density at radius 2 is 1.95 bits per heavy atom. The van der Waals surface area contributed by atoms with Crippen LogP contribution in [-0.2, 0) is 9.59 Å². The quantitative estimate of drug-likeness (QED) is 0.563. The van der Waals surface area contributed by atoms with Crippen molar-refractivity contribution in [3.8, 4) is 0 Å². The van der Waals surface area contributed by atoms with Crippen LogP contribution in [0.25, 0.3) is 0 Å². The second kappa shape index (κ2) is 6.39. The number of hydrogen-bond donors (Lipinski definition) is 4. The lowest BCUT2D eigenvalue weighted by atomic mass is 10.1. The highest BCUT2D eigenvalue weighted by Crippen LogP contribution is 2.14. The van der Waals surface area contributed by atoms with Crippen molar-refractivity contribution in [2.45, 2.75) is 6.92 Å². The smallest absolute Gasteiger partial charge is 0.322 e. The molecule has 0 aliphatic carbocycles. The number of aryl methyl sites for hydroxylation is 1. The number of aliphatic carboxylic acids is 1. The molecule has 5 N–H and O–H groups in total. The van der Waals surface area contributed by atoms with E-state index in [9.17, 15) is 14.4 Å². The minimum atomic E-state index is -1.10. The van der Waals surface area contributed by atoms with Gasteiger partial charge in [0.15, 0.2) is 0 Å². The second-order valence-electron chi connectivity index (χ2n) is 3.92. The van der Waals surface area contributed by atoms with E-state index in [0.717, 1.165) is 0 Å². The van der Waals surface area contributed by atoms with Crippen LogP contribution in [0.3, 0.4) is 0 Å². The van der Waals surface area contributed by atoms with E-state index in [-0.39, 0.29) is 6.54 Å². The number of nitrogens with two attached hydrogens (primary N) is 1. The van der Waals surface area contributed by atoms with E-state index in [2.05, 4.69) is 10.6 Å². The van der Waals surface area contributed by atoms with E-state index in [1.165, 1.54) is 0 Å². The molecule has 0 spiro atoms. The summed E-state index contributed by atoms with van der Waals surface area (Å²) in [5, 5.41) is 13.4. The van der Waals surface area contributed by atoms with Gasteiger partial charge in [-0.15, -0.1) is 0 Å². The summed E-state index contributed by atoms with van der Waals surface area (Å²) in [6.45, 7) is 1.26. The van der Waals surface area contributed by atoms with Crippen molar-refractivity contribution in [3.63, 3.8) is 0 Å². The first-order valence-electron chi connectivity index (χ1n) is 5.53. The number of primary amides is 1. The Balaban J connectivity index is 2.54. The highest BCUT2D eigenvalue weighted by atomic mass is 16.4. The molecule has 0 aliphatic heterocycles. The first kappa shape index (κ1) is 14.5. The van der Waals surface area contributed by atoms with Gasteiger partial charge in [0.1, 0.15) is 6.54 Å². The van der Waals surface area contributed by atoms with E-state index in [1.807, 2.05) is 0 Å². The van der Waals surface area contributed by atoms with Gasteiger partial charge in [-0.05, 0) is 30.7 Å². The zero-order chi connectivity index (χ0) is 14.4. The molecule has 0 aliphatic rings. The van der Waals surface area contributed by atoms with Gasteiger partial charge in [-0.25, -0.2) is 0 Å². The molecular formula is C12H15N3O4. The maximum Gasteiger partial charge on any atom is 0.322 e. The maximum absolute atomic E-state index is 11.3. The Hall–Kier alpha value is -2.57. The topological polar surface area (TPSA) is 122 Å². The van der Waals surface area contributed by atoms with Crippen molar-refractivity contribution >= 4 is 23.5 Å². The molecule has 0 heterocycles. The molecule has 7 nitrogen and oxygen atoms in total. The number of amides is 2. The predicted octanol–water partition coefficient (Wildman–Crippen LogP) is -0.293. The molecule has 1 rings (SSSR count). The van der Waals surface area contributed by atoms with Crippen molar-refractivity contribution in [2.75, 3.05) is 18.4 Å². The molecule has 0 saturated heterocycles. The van der Waals surface area contributed by atoms with Crippen molar-refractivity contribution in [3.05, 3.63) is 29.3 Å². The maximum atomic E-state index is 11.3. The van der Waals surface area contributed by atoms with Crippen molar-refractivity contribution in [1.29, 1.82) is 0 Å². The fourth-order valence-corrected chi connectivity index (χ4v) is 1.47. The SMILES string of the molecule is Cc1cc(NCC(=O)NCC(=O)O)ccc1C(N)=O. The van der Waals surface area contributed by atoms with Crippen LogP contribution in [0.2, 0.25) is 0 Å². The Morgan fingerprint density at radius 1 is 1.26 bits per heavy atom. The Bertz CT molecular complexity index is 514. The Kier molecular flexibility index (Phi) is 4.87. The third kappa shape index (κ3) is 4.66. The van der Waals surface area contributed by atoms with Crippen molar-refractivity contribution in [2.24, 2.45) is 5.73 Å². The van der Waals surface area contributed by atoms with Crippen LogP contribution < -0.4 is 16.4 Å². The van der Waals surface area contributed by atoms with Crippen molar-refractivity contribution < 1.29 is 19.5 Å². The summed E-state index contributed by atoms with van der Waals surface area (Å²) >= 11 is 0. The third-order valence-electron chi connectivity index (χ3n) is 2.38. The van der Waals surface area contributed by atoms with E-state index in [4.69, 9.17) is 10.8 Å². The number of nitrogens with one attached hydrogen (secondary N) is 2. The number of anilines is 1. The number of carboxylic acids is 1. The summed E-state index contributed by atoms with van der Waals surface area (Å²) in [5.41, 5.74) is 6.94. The number of carbonyl (C=O) groups is 3. The van der Waals surface area contributed by atoms with E-state index in [0.29, 0.717) is 16.8 Å². The van der Waals surface area contributed by atoms with E-state index >= 15 is 0 Å². The zero-order valence-electron chi connectivity index (χ0n) is 10.4. The highest BCUT2D eigenvalue weighted by Gasteiger charge is 2.07. The molecule has 7 heteroatoms. The van der Waals surface area contributed by atoms with Crippen LogP contribution in [0.15, 0.2) is 18.2 Å². The fourth-order valence-electron chi connectivity index (χ4n) is 1.47. The van der Waals surface area contributed by atoms with Crippen LogP contribution in [0.4, 0.5) is 5.69 Å². The molecule has 0 radical (unpaired) electrons. The van der Waals surface area contributed by atoms with Gasteiger partial charge in [0.25, 0.3) is 0 Å². The minimum Gasteiger partial charge on any atom is -0.480 e. The molecule has 0 fully saturated rings. The molecule has 0 aromatic heterocycles. The summed E-state index contributed by atoms with van der Waals surface area (Å²) in [4.78, 5) is 32.5. The second-order valence-corrected chi connectivity index (χ2v) is 3.92. The van der Waals surface area contributed by atoms with Gasteiger partial charge >= 0.3 is 5.97 Å². The number of carbonyl (C=O) groups excluding carboxylic acids is 2. The first-order chi connectivity index (χ1) is 8.90. The van der Waals surface area contributed by atoms with Gasteiger partial charge < -0.3 is 21.5 Å². The average Bonchev–Trinajstić information content (AvgIpc) is 2.33. The molecule has 102 valence electrons. The van der Waals surface area contributed by atoms with Crippen LogP contribution in [0.1, 0.15) is 15.9 Å². The lowest BCUT2D eigenvalue weighted by Crippen LogP contribution is -2.33. The third-order valence-corrected chi connectivity index (χ3v) is 2.38. The molecule has 0 atom stereocenters. The number of benzene rings is 1. The van der Waals surface area contributed by atoms with Gasteiger partial charge in [0.05, 0.1) is 6.54 Å². The largest absolute Gasteiger partial charge is 0.480 e. The van der Waals surface area contributed by atoms with Gasteiger partial charge in [-0.2, -0.15) is 0 Å². The predicted molar refractivity (Wildman–Crippen MR) is 68.8 cm³/mol. The van der Waals surface area contributed by atoms with E-state index < -0.39 is 24.3 Å².